The van der Waals surface area contributed by atoms with Crippen LogP contribution in [0.2, 0.25) is 5.28 Å². The summed E-state index contributed by atoms with van der Waals surface area (Å²) >= 11 is 5.62. The van der Waals surface area contributed by atoms with Crippen LogP contribution >= 0.6 is 11.6 Å². The molecule has 0 aliphatic carbocycles. The number of anilines is 3. The van der Waals surface area contributed by atoms with Crippen LogP contribution in [0.4, 0.5) is 22.0 Å². The van der Waals surface area contributed by atoms with Gasteiger partial charge in [-0.1, -0.05) is 0 Å². The van der Waals surface area contributed by atoms with Crippen molar-refractivity contribution < 1.29 is 4.39 Å². The molecular weight excluding hydrogens is 245 g/mol. The molecule has 2 aromatic rings. The molecule has 88 valence electrons. The standard InChI is InChI=1S/C10H9ClFN5/c1-5-2-6(12)4-7(3-5)14-10-16-8(11)15-9(13)17-10/h2-4H,1H3,(H3,13,14,15,16,17). The molecule has 0 saturated carbocycles. The van der Waals surface area contributed by atoms with Gasteiger partial charge in [0.1, 0.15) is 5.82 Å². The SMILES string of the molecule is Cc1cc(F)cc(Nc2nc(N)nc(Cl)n2)c1. The van der Waals surface area contributed by atoms with E-state index in [1.807, 2.05) is 0 Å². The molecule has 5 nitrogen and oxygen atoms in total. The second-order valence-corrected chi connectivity index (χ2v) is 3.77. The molecule has 0 fully saturated rings. The van der Waals surface area contributed by atoms with Crippen molar-refractivity contribution in [3.05, 3.63) is 34.9 Å². The summed E-state index contributed by atoms with van der Waals surface area (Å²) in [5.74, 6) is -0.172. The van der Waals surface area contributed by atoms with Crippen molar-refractivity contribution in [1.29, 1.82) is 0 Å². The molecular formula is C10H9ClFN5. The quantitative estimate of drug-likeness (QED) is 0.859. The average Bonchev–Trinajstić information content (AvgIpc) is 2.13. The normalized spacial score (nSPS) is 10.3. The molecule has 0 amide bonds. The van der Waals surface area contributed by atoms with Gasteiger partial charge in [-0.15, -0.1) is 0 Å². The number of halogens is 2. The fourth-order valence-electron chi connectivity index (χ4n) is 1.36. The number of aromatic nitrogens is 3. The monoisotopic (exact) mass is 253 g/mol. The van der Waals surface area contributed by atoms with E-state index in [-0.39, 0.29) is 23.0 Å². The molecule has 0 spiro atoms. The highest BCUT2D eigenvalue weighted by Gasteiger charge is 2.04. The van der Waals surface area contributed by atoms with E-state index < -0.39 is 0 Å². The van der Waals surface area contributed by atoms with E-state index in [1.165, 1.54) is 12.1 Å². The van der Waals surface area contributed by atoms with Crippen LogP contribution in [0.3, 0.4) is 0 Å². The summed E-state index contributed by atoms with van der Waals surface area (Å²) in [6.45, 7) is 1.78. The van der Waals surface area contributed by atoms with E-state index in [2.05, 4.69) is 20.3 Å². The third-order valence-corrected chi connectivity index (χ3v) is 2.09. The first kappa shape index (κ1) is 11.5. The van der Waals surface area contributed by atoms with Crippen LogP contribution in [0.25, 0.3) is 0 Å². The highest BCUT2D eigenvalue weighted by atomic mass is 35.5. The van der Waals surface area contributed by atoms with Crippen molar-refractivity contribution in [1.82, 2.24) is 15.0 Å². The molecule has 0 atom stereocenters. The van der Waals surface area contributed by atoms with E-state index in [1.54, 1.807) is 13.0 Å². The molecule has 0 aliphatic rings. The number of nitrogen functional groups attached to an aromatic ring is 1. The predicted molar refractivity (Wildman–Crippen MR) is 63.7 cm³/mol. The number of hydrogen-bond acceptors (Lipinski definition) is 5. The zero-order valence-corrected chi connectivity index (χ0v) is 9.66. The molecule has 3 N–H and O–H groups in total. The van der Waals surface area contributed by atoms with Crippen molar-refractivity contribution >= 4 is 29.2 Å². The van der Waals surface area contributed by atoms with Crippen LogP contribution in [-0.2, 0) is 0 Å². The molecule has 0 bridgehead atoms. The van der Waals surface area contributed by atoms with E-state index >= 15 is 0 Å². The fourth-order valence-corrected chi connectivity index (χ4v) is 1.53. The van der Waals surface area contributed by atoms with Gasteiger partial charge in [-0.3, -0.25) is 0 Å². The Labute approximate surface area is 102 Å². The van der Waals surface area contributed by atoms with Crippen molar-refractivity contribution in [3.63, 3.8) is 0 Å². The second kappa shape index (κ2) is 4.50. The minimum atomic E-state index is -0.347. The maximum Gasteiger partial charge on any atom is 0.233 e. The molecule has 2 rings (SSSR count). The number of nitrogens with one attached hydrogen (secondary N) is 1. The fraction of sp³-hybridized carbons (Fsp3) is 0.100. The lowest BCUT2D eigenvalue weighted by Gasteiger charge is -2.06. The third kappa shape index (κ3) is 3.01. The number of benzene rings is 1. The topological polar surface area (TPSA) is 76.7 Å². The maximum atomic E-state index is 13.1. The van der Waals surface area contributed by atoms with E-state index in [9.17, 15) is 4.39 Å². The lowest BCUT2D eigenvalue weighted by molar-refractivity contribution is 0.627. The number of nitrogens with zero attached hydrogens (tertiary/aromatic N) is 3. The predicted octanol–water partition coefficient (Wildman–Crippen LogP) is 2.30. The highest BCUT2D eigenvalue weighted by Crippen LogP contribution is 2.17. The van der Waals surface area contributed by atoms with Crippen LogP contribution in [0.15, 0.2) is 18.2 Å². The molecule has 0 aliphatic heterocycles. The Morgan fingerprint density at radius 1 is 1.24 bits per heavy atom. The summed E-state index contributed by atoms with van der Waals surface area (Å²) < 4.78 is 13.1. The number of nitrogens with two attached hydrogens (primary N) is 1. The molecule has 1 heterocycles. The van der Waals surface area contributed by atoms with Gasteiger partial charge in [0.25, 0.3) is 0 Å². The summed E-state index contributed by atoms with van der Waals surface area (Å²) in [5, 5.41) is 2.78. The van der Waals surface area contributed by atoms with Crippen LogP contribution in [0, 0.1) is 12.7 Å². The number of aryl methyl sites for hydroxylation is 1. The van der Waals surface area contributed by atoms with Gasteiger partial charge in [0.15, 0.2) is 0 Å². The van der Waals surface area contributed by atoms with Gasteiger partial charge in [0, 0.05) is 5.69 Å². The minimum Gasteiger partial charge on any atom is -0.368 e. The number of rotatable bonds is 2. The Morgan fingerprint density at radius 2 is 2.00 bits per heavy atom. The van der Waals surface area contributed by atoms with Crippen molar-refractivity contribution in [3.8, 4) is 0 Å². The van der Waals surface area contributed by atoms with Crippen LogP contribution in [0.5, 0.6) is 0 Å². The van der Waals surface area contributed by atoms with Crippen LogP contribution in [0.1, 0.15) is 5.56 Å². The summed E-state index contributed by atoms with van der Waals surface area (Å²) in [7, 11) is 0. The van der Waals surface area contributed by atoms with E-state index in [4.69, 9.17) is 17.3 Å². The molecule has 0 unspecified atom stereocenters. The van der Waals surface area contributed by atoms with E-state index in [0.717, 1.165) is 5.56 Å². The maximum absolute atomic E-state index is 13.1. The Kier molecular flexibility index (Phi) is 3.06. The second-order valence-electron chi connectivity index (χ2n) is 3.43. The Hall–Kier alpha value is -1.95. The summed E-state index contributed by atoms with van der Waals surface area (Å²) in [6, 6.07) is 4.48. The summed E-state index contributed by atoms with van der Waals surface area (Å²) in [5.41, 5.74) is 6.71. The summed E-state index contributed by atoms with van der Waals surface area (Å²) in [6.07, 6.45) is 0. The lowest BCUT2D eigenvalue weighted by atomic mass is 10.2. The molecule has 0 radical (unpaired) electrons. The van der Waals surface area contributed by atoms with Crippen LogP contribution in [-0.4, -0.2) is 15.0 Å². The van der Waals surface area contributed by atoms with Crippen molar-refractivity contribution in [2.75, 3.05) is 11.1 Å². The molecule has 17 heavy (non-hydrogen) atoms. The molecule has 0 saturated heterocycles. The van der Waals surface area contributed by atoms with Gasteiger partial charge < -0.3 is 11.1 Å². The molecule has 7 heteroatoms. The average molecular weight is 254 g/mol. The van der Waals surface area contributed by atoms with Crippen molar-refractivity contribution in [2.45, 2.75) is 6.92 Å². The van der Waals surface area contributed by atoms with Crippen LogP contribution < -0.4 is 11.1 Å². The molecule has 1 aromatic carbocycles. The van der Waals surface area contributed by atoms with Gasteiger partial charge in [0.05, 0.1) is 0 Å². The zero-order chi connectivity index (χ0) is 12.4. The Bertz CT molecular complexity index is 470. The lowest BCUT2D eigenvalue weighted by Crippen LogP contribution is -2.03. The van der Waals surface area contributed by atoms with Gasteiger partial charge in [-0.05, 0) is 42.3 Å². The third-order valence-electron chi connectivity index (χ3n) is 1.92. The first-order valence-corrected chi connectivity index (χ1v) is 5.12. The Balaban J connectivity index is 2.31. The van der Waals surface area contributed by atoms with Crippen molar-refractivity contribution in [2.24, 2.45) is 0 Å². The van der Waals surface area contributed by atoms with Gasteiger partial charge in [-0.2, -0.15) is 15.0 Å². The van der Waals surface area contributed by atoms with E-state index in [0.29, 0.717) is 5.69 Å². The first-order chi connectivity index (χ1) is 8.02. The Morgan fingerprint density at radius 3 is 2.65 bits per heavy atom. The number of hydrogen-bond donors (Lipinski definition) is 2. The van der Waals surface area contributed by atoms with Gasteiger partial charge in [-0.25, -0.2) is 4.39 Å². The first-order valence-electron chi connectivity index (χ1n) is 4.74. The summed E-state index contributed by atoms with van der Waals surface area (Å²) in [4.78, 5) is 11.3. The smallest absolute Gasteiger partial charge is 0.233 e. The molecule has 1 aromatic heterocycles. The van der Waals surface area contributed by atoms with Gasteiger partial charge >= 0.3 is 0 Å². The minimum absolute atomic E-state index is 0.000579. The highest BCUT2D eigenvalue weighted by molar-refractivity contribution is 6.28. The van der Waals surface area contributed by atoms with Gasteiger partial charge in [0.2, 0.25) is 17.2 Å². The largest absolute Gasteiger partial charge is 0.368 e. The zero-order valence-electron chi connectivity index (χ0n) is 8.91.